The number of hydrogen-bond donors (Lipinski definition) is 2. The van der Waals surface area contributed by atoms with Gasteiger partial charge in [0.15, 0.2) is 5.88 Å². The molecule has 2 nitrogen and oxygen atoms in total. The molecular formula is C10H12BrNO. The highest BCUT2D eigenvalue weighted by molar-refractivity contribution is 9.08. The van der Waals surface area contributed by atoms with E-state index in [0.717, 1.165) is 10.9 Å². The molecule has 0 atom stereocenters. The first-order valence-corrected chi connectivity index (χ1v) is 5.10. The SMILES string of the molecule is C=C(O)NCc1ccc(CBr)cc1. The molecule has 3 heteroatoms. The number of hydrogen-bond acceptors (Lipinski definition) is 2. The molecule has 2 N–H and O–H groups in total. The Labute approximate surface area is 86.4 Å². The second-order valence-electron chi connectivity index (χ2n) is 2.75. The van der Waals surface area contributed by atoms with Crippen molar-refractivity contribution in [3.05, 3.63) is 47.9 Å². The second-order valence-corrected chi connectivity index (χ2v) is 3.31. The van der Waals surface area contributed by atoms with Crippen LogP contribution in [-0.4, -0.2) is 5.11 Å². The first kappa shape index (κ1) is 10.1. The number of rotatable bonds is 4. The quantitative estimate of drug-likeness (QED) is 0.628. The molecule has 1 aromatic carbocycles. The molecule has 0 radical (unpaired) electrons. The predicted octanol–water partition coefficient (Wildman–Crippen LogP) is 2.70. The van der Waals surface area contributed by atoms with E-state index in [1.165, 1.54) is 5.56 Å². The molecule has 70 valence electrons. The van der Waals surface area contributed by atoms with Crippen LogP contribution in [0.4, 0.5) is 0 Å². The number of halogens is 1. The van der Waals surface area contributed by atoms with Crippen LogP contribution >= 0.6 is 15.9 Å². The number of aliphatic hydroxyl groups is 1. The first-order chi connectivity index (χ1) is 6.22. The van der Waals surface area contributed by atoms with Gasteiger partial charge in [-0.1, -0.05) is 40.2 Å². The van der Waals surface area contributed by atoms with Gasteiger partial charge in [-0.25, -0.2) is 0 Å². The van der Waals surface area contributed by atoms with E-state index in [1.807, 2.05) is 24.3 Å². The van der Waals surface area contributed by atoms with E-state index >= 15 is 0 Å². The second kappa shape index (κ2) is 4.92. The van der Waals surface area contributed by atoms with Crippen LogP contribution in [0.15, 0.2) is 36.7 Å². The molecule has 0 saturated carbocycles. The molecule has 0 spiro atoms. The fourth-order valence-electron chi connectivity index (χ4n) is 0.950. The third-order valence-electron chi connectivity index (χ3n) is 1.67. The van der Waals surface area contributed by atoms with E-state index in [2.05, 4.69) is 27.8 Å². The molecule has 0 unspecified atom stereocenters. The molecular weight excluding hydrogens is 230 g/mol. The number of benzene rings is 1. The molecule has 0 aromatic heterocycles. The lowest BCUT2D eigenvalue weighted by Gasteiger charge is -2.04. The maximum absolute atomic E-state index is 8.80. The summed E-state index contributed by atoms with van der Waals surface area (Å²) >= 11 is 3.37. The molecule has 1 aromatic rings. The zero-order valence-corrected chi connectivity index (χ0v) is 8.84. The van der Waals surface area contributed by atoms with E-state index in [1.54, 1.807) is 0 Å². The normalized spacial score (nSPS) is 9.62. The summed E-state index contributed by atoms with van der Waals surface area (Å²) < 4.78 is 0. The Morgan fingerprint density at radius 2 is 1.85 bits per heavy atom. The van der Waals surface area contributed by atoms with Gasteiger partial charge in [-0.15, -0.1) is 0 Å². The van der Waals surface area contributed by atoms with Crippen molar-refractivity contribution < 1.29 is 5.11 Å². The largest absolute Gasteiger partial charge is 0.495 e. The minimum absolute atomic E-state index is 0.00423. The molecule has 0 saturated heterocycles. The summed E-state index contributed by atoms with van der Waals surface area (Å²) in [4.78, 5) is 0. The lowest BCUT2D eigenvalue weighted by atomic mass is 10.1. The van der Waals surface area contributed by atoms with Crippen LogP contribution in [-0.2, 0) is 11.9 Å². The van der Waals surface area contributed by atoms with Crippen molar-refractivity contribution in [2.75, 3.05) is 0 Å². The maximum atomic E-state index is 8.80. The van der Waals surface area contributed by atoms with Crippen LogP contribution in [0, 0.1) is 0 Å². The predicted molar refractivity (Wildman–Crippen MR) is 57.7 cm³/mol. The molecule has 0 fully saturated rings. The molecule has 0 aliphatic rings. The third kappa shape index (κ3) is 3.51. The molecule has 0 amide bonds. The van der Waals surface area contributed by atoms with Crippen LogP contribution < -0.4 is 5.32 Å². The van der Waals surface area contributed by atoms with Gasteiger partial charge in [-0.3, -0.25) is 0 Å². The van der Waals surface area contributed by atoms with Crippen molar-refractivity contribution in [3.63, 3.8) is 0 Å². The summed E-state index contributed by atoms with van der Waals surface area (Å²) in [6.07, 6.45) is 0. The summed E-state index contributed by atoms with van der Waals surface area (Å²) in [5, 5.41) is 12.4. The van der Waals surface area contributed by atoms with Gasteiger partial charge in [-0.2, -0.15) is 0 Å². The van der Waals surface area contributed by atoms with Crippen LogP contribution in [0.25, 0.3) is 0 Å². The van der Waals surface area contributed by atoms with Crippen molar-refractivity contribution in [2.24, 2.45) is 0 Å². The van der Waals surface area contributed by atoms with Crippen LogP contribution in [0.1, 0.15) is 11.1 Å². The van der Waals surface area contributed by atoms with Crippen LogP contribution in [0.5, 0.6) is 0 Å². The fourth-order valence-corrected chi connectivity index (χ4v) is 1.32. The molecule has 1 rings (SSSR count). The maximum Gasteiger partial charge on any atom is 0.176 e. The standard InChI is InChI=1S/C10H12BrNO/c1-8(13)12-7-10-4-2-9(6-11)3-5-10/h2-5,12-13H,1,6-7H2. The topological polar surface area (TPSA) is 32.3 Å². The Bertz CT molecular complexity index is 281. The van der Waals surface area contributed by atoms with Crippen molar-refractivity contribution in [1.82, 2.24) is 5.32 Å². The first-order valence-electron chi connectivity index (χ1n) is 3.98. The number of nitrogens with one attached hydrogen (secondary N) is 1. The summed E-state index contributed by atoms with van der Waals surface area (Å²) in [6.45, 7) is 3.95. The summed E-state index contributed by atoms with van der Waals surface area (Å²) in [5.41, 5.74) is 2.37. The van der Waals surface area contributed by atoms with Gasteiger partial charge >= 0.3 is 0 Å². The van der Waals surface area contributed by atoms with Crippen LogP contribution in [0.2, 0.25) is 0 Å². The van der Waals surface area contributed by atoms with E-state index in [4.69, 9.17) is 5.11 Å². The van der Waals surface area contributed by atoms with Gasteiger partial charge < -0.3 is 10.4 Å². The van der Waals surface area contributed by atoms with Crippen molar-refractivity contribution in [3.8, 4) is 0 Å². The third-order valence-corrected chi connectivity index (χ3v) is 2.32. The minimum atomic E-state index is 0.00423. The van der Waals surface area contributed by atoms with Crippen molar-refractivity contribution in [2.45, 2.75) is 11.9 Å². The zero-order valence-electron chi connectivity index (χ0n) is 7.26. The van der Waals surface area contributed by atoms with Crippen molar-refractivity contribution in [1.29, 1.82) is 0 Å². The summed E-state index contributed by atoms with van der Waals surface area (Å²) in [6, 6.07) is 8.14. The molecule has 13 heavy (non-hydrogen) atoms. The van der Waals surface area contributed by atoms with Crippen LogP contribution in [0.3, 0.4) is 0 Å². The average molecular weight is 242 g/mol. The van der Waals surface area contributed by atoms with Gasteiger partial charge in [-0.05, 0) is 17.7 Å². The molecule has 0 bridgehead atoms. The number of aliphatic hydroxyl groups excluding tert-OH is 1. The lowest BCUT2D eigenvalue weighted by molar-refractivity contribution is 0.366. The van der Waals surface area contributed by atoms with E-state index in [0.29, 0.717) is 6.54 Å². The van der Waals surface area contributed by atoms with Gasteiger partial charge in [0.2, 0.25) is 0 Å². The highest BCUT2D eigenvalue weighted by atomic mass is 79.9. The van der Waals surface area contributed by atoms with Gasteiger partial charge in [0.25, 0.3) is 0 Å². The Balaban J connectivity index is 2.54. The Hall–Kier alpha value is -0.960. The Morgan fingerprint density at radius 1 is 1.31 bits per heavy atom. The highest BCUT2D eigenvalue weighted by Crippen LogP contribution is 2.07. The molecule has 0 aliphatic carbocycles. The van der Waals surface area contributed by atoms with Gasteiger partial charge in [0.1, 0.15) is 0 Å². The van der Waals surface area contributed by atoms with Gasteiger partial charge in [0.05, 0.1) is 0 Å². The monoisotopic (exact) mass is 241 g/mol. The van der Waals surface area contributed by atoms with E-state index < -0.39 is 0 Å². The fraction of sp³-hybridized carbons (Fsp3) is 0.200. The highest BCUT2D eigenvalue weighted by Gasteiger charge is 1.93. The summed E-state index contributed by atoms with van der Waals surface area (Å²) in [7, 11) is 0. The Morgan fingerprint density at radius 3 is 2.31 bits per heavy atom. The lowest BCUT2D eigenvalue weighted by Crippen LogP contribution is -2.10. The Kier molecular flexibility index (Phi) is 3.83. The van der Waals surface area contributed by atoms with E-state index in [-0.39, 0.29) is 5.88 Å². The minimum Gasteiger partial charge on any atom is -0.495 e. The van der Waals surface area contributed by atoms with Crippen molar-refractivity contribution >= 4 is 15.9 Å². The van der Waals surface area contributed by atoms with E-state index in [9.17, 15) is 0 Å². The molecule has 0 aliphatic heterocycles. The zero-order chi connectivity index (χ0) is 9.68. The van der Waals surface area contributed by atoms with Gasteiger partial charge in [0, 0.05) is 11.9 Å². The number of alkyl halides is 1. The smallest absolute Gasteiger partial charge is 0.176 e. The average Bonchev–Trinajstić information content (AvgIpc) is 2.15. The molecule has 0 heterocycles. The summed E-state index contributed by atoms with van der Waals surface area (Å²) in [5.74, 6) is 0.00423.